The third kappa shape index (κ3) is 4.08. The molecule has 5 heteroatoms. The summed E-state index contributed by atoms with van der Waals surface area (Å²) in [6.07, 6.45) is -0.0608. The van der Waals surface area contributed by atoms with E-state index >= 15 is 0 Å². The molecule has 98 valence electrons. The summed E-state index contributed by atoms with van der Waals surface area (Å²) in [5.74, 6) is -0.373. The van der Waals surface area contributed by atoms with Crippen molar-refractivity contribution in [3.63, 3.8) is 0 Å². The van der Waals surface area contributed by atoms with E-state index < -0.39 is 5.97 Å². The standard InChI is InChI=1S/C13H17NO4/c1-10(15)14(8-7-13(16)17)9-11-5-3-4-6-12(11)18-2/h3-6H,7-9H2,1-2H3,(H,16,17). The van der Waals surface area contributed by atoms with Gasteiger partial charge in [-0.25, -0.2) is 0 Å². The van der Waals surface area contributed by atoms with Gasteiger partial charge in [0, 0.05) is 25.6 Å². The van der Waals surface area contributed by atoms with Crippen LogP contribution in [0.4, 0.5) is 0 Å². The molecule has 0 aliphatic rings. The molecule has 1 rings (SSSR count). The number of carbonyl (C=O) groups excluding carboxylic acids is 1. The van der Waals surface area contributed by atoms with Crippen LogP contribution in [0.2, 0.25) is 0 Å². The zero-order valence-corrected chi connectivity index (χ0v) is 10.5. The Hall–Kier alpha value is -2.04. The highest BCUT2D eigenvalue weighted by Gasteiger charge is 2.13. The molecular weight excluding hydrogens is 234 g/mol. The summed E-state index contributed by atoms with van der Waals surface area (Å²) in [4.78, 5) is 23.5. The molecule has 0 aromatic heterocycles. The third-order valence-corrected chi connectivity index (χ3v) is 2.59. The van der Waals surface area contributed by atoms with Crippen LogP contribution < -0.4 is 4.74 Å². The van der Waals surface area contributed by atoms with Gasteiger partial charge in [-0.2, -0.15) is 0 Å². The van der Waals surface area contributed by atoms with E-state index in [-0.39, 0.29) is 18.9 Å². The van der Waals surface area contributed by atoms with Gasteiger partial charge in [-0.15, -0.1) is 0 Å². The first-order valence-electron chi connectivity index (χ1n) is 5.63. The van der Waals surface area contributed by atoms with Gasteiger partial charge in [0.1, 0.15) is 5.75 Å². The van der Waals surface area contributed by atoms with E-state index in [1.807, 2.05) is 24.3 Å². The summed E-state index contributed by atoms with van der Waals surface area (Å²) in [6.45, 7) is 1.98. The van der Waals surface area contributed by atoms with Crippen molar-refractivity contribution >= 4 is 11.9 Å². The van der Waals surface area contributed by atoms with Crippen LogP contribution in [-0.2, 0) is 16.1 Å². The second-order valence-corrected chi connectivity index (χ2v) is 3.90. The Kier molecular flexibility index (Phi) is 5.17. The molecular formula is C13H17NO4. The highest BCUT2D eigenvalue weighted by molar-refractivity contribution is 5.74. The number of para-hydroxylation sites is 1. The number of hydrogen-bond acceptors (Lipinski definition) is 3. The largest absolute Gasteiger partial charge is 0.496 e. The molecule has 0 saturated heterocycles. The molecule has 0 unspecified atom stereocenters. The first-order valence-corrected chi connectivity index (χ1v) is 5.63. The number of aliphatic carboxylic acids is 1. The fraction of sp³-hybridized carbons (Fsp3) is 0.385. The lowest BCUT2D eigenvalue weighted by molar-refractivity contribution is -0.138. The molecule has 0 heterocycles. The summed E-state index contributed by atoms with van der Waals surface area (Å²) in [5.41, 5.74) is 0.862. The molecule has 0 saturated carbocycles. The first-order chi connectivity index (χ1) is 8.54. The predicted molar refractivity (Wildman–Crippen MR) is 66.3 cm³/mol. The first kappa shape index (κ1) is 14.0. The van der Waals surface area contributed by atoms with Crippen LogP contribution in [0.1, 0.15) is 18.9 Å². The van der Waals surface area contributed by atoms with E-state index in [9.17, 15) is 9.59 Å². The highest BCUT2D eigenvalue weighted by Crippen LogP contribution is 2.19. The lowest BCUT2D eigenvalue weighted by Crippen LogP contribution is -2.30. The van der Waals surface area contributed by atoms with Gasteiger partial charge in [0.05, 0.1) is 13.5 Å². The monoisotopic (exact) mass is 251 g/mol. The molecule has 0 bridgehead atoms. The molecule has 0 atom stereocenters. The average molecular weight is 251 g/mol. The van der Waals surface area contributed by atoms with E-state index in [1.54, 1.807) is 7.11 Å². The summed E-state index contributed by atoms with van der Waals surface area (Å²) >= 11 is 0. The minimum absolute atomic E-state index is 0.0608. The van der Waals surface area contributed by atoms with Crippen molar-refractivity contribution in [2.24, 2.45) is 0 Å². The van der Waals surface area contributed by atoms with E-state index in [2.05, 4.69) is 0 Å². The van der Waals surface area contributed by atoms with Crippen molar-refractivity contribution in [2.45, 2.75) is 19.9 Å². The number of rotatable bonds is 6. The fourth-order valence-corrected chi connectivity index (χ4v) is 1.62. The van der Waals surface area contributed by atoms with Crippen molar-refractivity contribution in [1.29, 1.82) is 0 Å². The number of hydrogen-bond donors (Lipinski definition) is 1. The zero-order chi connectivity index (χ0) is 13.5. The molecule has 18 heavy (non-hydrogen) atoms. The summed E-state index contributed by atoms with van der Waals surface area (Å²) in [6, 6.07) is 7.37. The molecule has 0 spiro atoms. The van der Waals surface area contributed by atoms with Crippen molar-refractivity contribution in [3.05, 3.63) is 29.8 Å². The fourth-order valence-electron chi connectivity index (χ4n) is 1.62. The van der Waals surface area contributed by atoms with Gasteiger partial charge < -0.3 is 14.7 Å². The van der Waals surface area contributed by atoms with E-state index in [0.29, 0.717) is 12.3 Å². The Morgan fingerprint density at radius 2 is 2.00 bits per heavy atom. The quantitative estimate of drug-likeness (QED) is 0.832. The number of carboxylic acid groups (broad SMARTS) is 1. The summed E-state index contributed by atoms with van der Waals surface area (Å²) in [7, 11) is 1.56. The van der Waals surface area contributed by atoms with Gasteiger partial charge in [0.2, 0.25) is 5.91 Å². The lowest BCUT2D eigenvalue weighted by Gasteiger charge is -2.21. The van der Waals surface area contributed by atoms with Crippen LogP contribution in [0.5, 0.6) is 5.75 Å². The number of carboxylic acids is 1. The number of benzene rings is 1. The topological polar surface area (TPSA) is 66.8 Å². The maximum atomic E-state index is 11.5. The van der Waals surface area contributed by atoms with Crippen LogP contribution in [0, 0.1) is 0 Å². The minimum atomic E-state index is -0.915. The van der Waals surface area contributed by atoms with Crippen LogP contribution in [0.15, 0.2) is 24.3 Å². The second-order valence-electron chi connectivity index (χ2n) is 3.90. The number of methoxy groups -OCH3 is 1. The smallest absolute Gasteiger partial charge is 0.305 e. The Morgan fingerprint density at radius 3 is 2.56 bits per heavy atom. The molecule has 1 N–H and O–H groups in total. The van der Waals surface area contributed by atoms with Crippen LogP contribution in [-0.4, -0.2) is 35.5 Å². The lowest BCUT2D eigenvalue weighted by atomic mass is 10.2. The van der Waals surface area contributed by atoms with Crippen molar-refractivity contribution in [1.82, 2.24) is 4.90 Å². The van der Waals surface area contributed by atoms with E-state index in [0.717, 1.165) is 5.56 Å². The number of carbonyl (C=O) groups is 2. The molecule has 1 aromatic rings. The molecule has 5 nitrogen and oxygen atoms in total. The van der Waals surface area contributed by atoms with Gasteiger partial charge >= 0.3 is 5.97 Å². The molecule has 0 fully saturated rings. The van der Waals surface area contributed by atoms with Crippen LogP contribution in [0.25, 0.3) is 0 Å². The Morgan fingerprint density at radius 1 is 1.33 bits per heavy atom. The Bertz CT molecular complexity index is 431. The molecule has 1 aromatic carbocycles. The number of ether oxygens (including phenoxy) is 1. The van der Waals surface area contributed by atoms with Crippen molar-refractivity contribution in [2.75, 3.05) is 13.7 Å². The zero-order valence-electron chi connectivity index (χ0n) is 10.5. The van der Waals surface area contributed by atoms with Crippen LogP contribution >= 0.6 is 0 Å². The molecule has 0 aliphatic carbocycles. The van der Waals surface area contributed by atoms with Gasteiger partial charge in [-0.3, -0.25) is 9.59 Å². The third-order valence-electron chi connectivity index (χ3n) is 2.59. The predicted octanol–water partition coefficient (Wildman–Crippen LogP) is 1.52. The summed E-state index contributed by atoms with van der Waals surface area (Å²) < 4.78 is 5.20. The Balaban J connectivity index is 2.76. The number of amides is 1. The van der Waals surface area contributed by atoms with Gasteiger partial charge in [-0.1, -0.05) is 18.2 Å². The molecule has 0 aliphatic heterocycles. The SMILES string of the molecule is COc1ccccc1CN(CCC(=O)O)C(C)=O. The average Bonchev–Trinajstić information content (AvgIpc) is 2.34. The van der Waals surface area contributed by atoms with Gasteiger partial charge in [-0.05, 0) is 6.07 Å². The maximum Gasteiger partial charge on any atom is 0.305 e. The second kappa shape index (κ2) is 6.64. The summed E-state index contributed by atoms with van der Waals surface area (Å²) in [5, 5.41) is 8.65. The van der Waals surface area contributed by atoms with Gasteiger partial charge in [0.15, 0.2) is 0 Å². The van der Waals surface area contributed by atoms with Gasteiger partial charge in [0.25, 0.3) is 0 Å². The maximum absolute atomic E-state index is 11.5. The molecule has 1 amide bonds. The van der Waals surface area contributed by atoms with E-state index in [1.165, 1.54) is 11.8 Å². The minimum Gasteiger partial charge on any atom is -0.496 e. The highest BCUT2D eigenvalue weighted by atomic mass is 16.5. The van der Waals surface area contributed by atoms with Crippen LogP contribution in [0.3, 0.4) is 0 Å². The number of nitrogens with zero attached hydrogens (tertiary/aromatic N) is 1. The molecule has 0 radical (unpaired) electrons. The van der Waals surface area contributed by atoms with Crippen molar-refractivity contribution < 1.29 is 19.4 Å². The van der Waals surface area contributed by atoms with E-state index in [4.69, 9.17) is 9.84 Å². The normalized spacial score (nSPS) is 9.89. The van der Waals surface area contributed by atoms with Crippen molar-refractivity contribution in [3.8, 4) is 5.75 Å². The Labute approximate surface area is 106 Å².